The fourth-order valence-electron chi connectivity index (χ4n) is 2.84. The molecule has 0 atom stereocenters. The van der Waals surface area contributed by atoms with E-state index in [1.165, 1.54) is 37.0 Å². The SMILES string of the molecule is CN(C(=O)CNc1ncc(/C=C/C(=O)NO)cc1Cl)C1CCCCC1. The zero-order valence-corrected chi connectivity index (χ0v) is 14.9. The summed E-state index contributed by atoms with van der Waals surface area (Å²) in [6.07, 6.45) is 9.85. The highest BCUT2D eigenvalue weighted by molar-refractivity contribution is 6.33. The third-order valence-electron chi connectivity index (χ3n) is 4.32. The molecule has 25 heavy (non-hydrogen) atoms. The number of anilines is 1. The minimum atomic E-state index is -0.644. The Morgan fingerprint density at radius 3 is 2.76 bits per heavy atom. The molecule has 7 nitrogen and oxygen atoms in total. The van der Waals surface area contributed by atoms with Crippen LogP contribution in [0.25, 0.3) is 6.08 Å². The molecule has 3 N–H and O–H groups in total. The number of rotatable bonds is 6. The predicted octanol–water partition coefficient (Wildman–Crippen LogP) is 2.46. The maximum atomic E-state index is 12.3. The van der Waals surface area contributed by atoms with Gasteiger partial charge in [0.1, 0.15) is 5.82 Å². The van der Waals surface area contributed by atoms with Crippen molar-refractivity contribution >= 4 is 35.3 Å². The molecule has 1 aromatic rings. The number of carbonyl (C=O) groups excluding carboxylic acids is 2. The molecule has 0 aromatic carbocycles. The summed E-state index contributed by atoms with van der Waals surface area (Å²) in [7, 11) is 1.84. The van der Waals surface area contributed by atoms with E-state index in [1.807, 2.05) is 11.9 Å². The van der Waals surface area contributed by atoms with E-state index in [1.54, 1.807) is 6.07 Å². The number of hydrogen-bond acceptors (Lipinski definition) is 5. The van der Waals surface area contributed by atoms with Gasteiger partial charge >= 0.3 is 0 Å². The second-order valence-electron chi connectivity index (χ2n) is 6.06. The van der Waals surface area contributed by atoms with Crippen molar-refractivity contribution in [1.29, 1.82) is 0 Å². The van der Waals surface area contributed by atoms with Gasteiger partial charge in [-0.05, 0) is 30.5 Å². The van der Waals surface area contributed by atoms with Gasteiger partial charge in [-0.2, -0.15) is 0 Å². The van der Waals surface area contributed by atoms with Crippen molar-refractivity contribution in [3.05, 3.63) is 28.9 Å². The summed E-state index contributed by atoms with van der Waals surface area (Å²) < 4.78 is 0. The van der Waals surface area contributed by atoms with Crippen LogP contribution in [0, 0.1) is 0 Å². The lowest BCUT2D eigenvalue weighted by atomic mass is 9.94. The highest BCUT2D eigenvalue weighted by Crippen LogP contribution is 2.23. The summed E-state index contributed by atoms with van der Waals surface area (Å²) in [4.78, 5) is 29.2. The summed E-state index contributed by atoms with van der Waals surface area (Å²) in [5, 5.41) is 11.7. The van der Waals surface area contributed by atoms with Gasteiger partial charge in [-0.25, -0.2) is 10.5 Å². The van der Waals surface area contributed by atoms with Crippen LogP contribution in [0.1, 0.15) is 37.7 Å². The average Bonchev–Trinajstić information content (AvgIpc) is 2.65. The first-order chi connectivity index (χ1) is 12.0. The standard InChI is InChI=1S/C17H23ClN4O3/c1-22(13-5-3-2-4-6-13)16(24)11-20-17-14(18)9-12(10-19-17)7-8-15(23)21-25/h7-10,13,25H,2-6,11H2,1H3,(H,19,20)(H,21,23)/b8-7+. The lowest BCUT2D eigenvalue weighted by Crippen LogP contribution is -2.41. The van der Waals surface area contributed by atoms with Crippen molar-refractivity contribution < 1.29 is 14.8 Å². The number of carbonyl (C=O) groups is 2. The molecular weight excluding hydrogens is 344 g/mol. The Kier molecular flexibility index (Phi) is 7.21. The van der Waals surface area contributed by atoms with Crippen molar-refractivity contribution in [2.45, 2.75) is 38.1 Å². The van der Waals surface area contributed by atoms with Crippen molar-refractivity contribution in [1.82, 2.24) is 15.4 Å². The fourth-order valence-corrected chi connectivity index (χ4v) is 3.08. The van der Waals surface area contributed by atoms with E-state index >= 15 is 0 Å². The van der Waals surface area contributed by atoms with E-state index in [-0.39, 0.29) is 12.5 Å². The molecule has 1 aliphatic carbocycles. The summed E-state index contributed by atoms with van der Waals surface area (Å²) in [5.74, 6) is -0.223. The molecule has 0 saturated heterocycles. The first-order valence-electron chi connectivity index (χ1n) is 8.28. The molecule has 1 saturated carbocycles. The maximum absolute atomic E-state index is 12.3. The molecule has 1 fully saturated rings. The van der Waals surface area contributed by atoms with Crippen LogP contribution in [-0.2, 0) is 9.59 Å². The molecule has 8 heteroatoms. The largest absolute Gasteiger partial charge is 0.360 e. The summed E-state index contributed by atoms with van der Waals surface area (Å²) in [6.45, 7) is 0.127. The Bertz CT molecular complexity index is 645. The third kappa shape index (κ3) is 5.72. The van der Waals surface area contributed by atoms with Crippen molar-refractivity contribution in [3.63, 3.8) is 0 Å². The average molecular weight is 367 g/mol. The molecule has 0 spiro atoms. The zero-order chi connectivity index (χ0) is 18.2. The van der Waals surface area contributed by atoms with Gasteiger partial charge in [0.2, 0.25) is 5.91 Å². The Morgan fingerprint density at radius 2 is 2.12 bits per heavy atom. The second kappa shape index (κ2) is 9.39. The van der Waals surface area contributed by atoms with Crippen LogP contribution >= 0.6 is 11.6 Å². The van der Waals surface area contributed by atoms with E-state index in [4.69, 9.17) is 16.8 Å². The molecule has 1 aromatic heterocycles. The Hall–Kier alpha value is -2.12. The Balaban J connectivity index is 1.90. The van der Waals surface area contributed by atoms with Gasteiger partial charge in [-0.15, -0.1) is 0 Å². The number of pyridine rings is 1. The molecule has 1 aliphatic rings. The van der Waals surface area contributed by atoms with Crippen molar-refractivity contribution in [2.24, 2.45) is 0 Å². The lowest BCUT2D eigenvalue weighted by molar-refractivity contribution is -0.130. The van der Waals surface area contributed by atoms with Gasteiger partial charge in [0.15, 0.2) is 0 Å². The predicted molar refractivity (Wildman–Crippen MR) is 96.3 cm³/mol. The molecule has 0 radical (unpaired) electrons. The Labute approximate surface area is 152 Å². The van der Waals surface area contributed by atoms with E-state index in [2.05, 4.69) is 10.3 Å². The highest BCUT2D eigenvalue weighted by Gasteiger charge is 2.21. The second-order valence-corrected chi connectivity index (χ2v) is 6.47. The minimum absolute atomic E-state index is 0.00774. The van der Waals surface area contributed by atoms with E-state index in [9.17, 15) is 9.59 Å². The topological polar surface area (TPSA) is 94.6 Å². The monoisotopic (exact) mass is 366 g/mol. The van der Waals surface area contributed by atoms with E-state index in [0.29, 0.717) is 22.4 Å². The quantitative estimate of drug-likeness (QED) is 0.408. The molecule has 136 valence electrons. The smallest absolute Gasteiger partial charge is 0.267 e. The van der Waals surface area contributed by atoms with Crippen LogP contribution in [0.4, 0.5) is 5.82 Å². The van der Waals surface area contributed by atoms with Gasteiger partial charge in [-0.3, -0.25) is 14.8 Å². The maximum Gasteiger partial charge on any atom is 0.267 e. The Morgan fingerprint density at radius 1 is 1.40 bits per heavy atom. The number of amides is 2. The van der Waals surface area contributed by atoms with Gasteiger partial charge in [0, 0.05) is 25.4 Å². The van der Waals surface area contributed by atoms with Crippen molar-refractivity contribution in [2.75, 3.05) is 18.9 Å². The first kappa shape index (κ1) is 19.2. The van der Waals surface area contributed by atoms with Crippen LogP contribution in [0.5, 0.6) is 0 Å². The summed E-state index contributed by atoms with van der Waals surface area (Å²) in [5.41, 5.74) is 2.10. The molecule has 2 amide bonds. The minimum Gasteiger partial charge on any atom is -0.360 e. The fraction of sp³-hybridized carbons (Fsp3) is 0.471. The highest BCUT2D eigenvalue weighted by atomic mass is 35.5. The molecule has 2 rings (SSSR count). The van der Waals surface area contributed by atoms with Gasteiger partial charge < -0.3 is 10.2 Å². The number of halogens is 1. The number of aromatic nitrogens is 1. The van der Waals surface area contributed by atoms with E-state index in [0.717, 1.165) is 18.9 Å². The van der Waals surface area contributed by atoms with Gasteiger partial charge in [-0.1, -0.05) is 30.9 Å². The van der Waals surface area contributed by atoms with Crippen LogP contribution in [0.3, 0.4) is 0 Å². The molecule has 1 heterocycles. The normalized spacial score (nSPS) is 15.2. The van der Waals surface area contributed by atoms with Crippen LogP contribution < -0.4 is 10.8 Å². The molecule has 0 unspecified atom stereocenters. The number of hydroxylamine groups is 1. The van der Waals surface area contributed by atoms with E-state index < -0.39 is 5.91 Å². The molecular formula is C17H23ClN4O3. The van der Waals surface area contributed by atoms with Crippen LogP contribution in [0.15, 0.2) is 18.3 Å². The first-order valence-corrected chi connectivity index (χ1v) is 8.66. The lowest BCUT2D eigenvalue weighted by Gasteiger charge is -2.31. The summed E-state index contributed by atoms with van der Waals surface area (Å²) in [6, 6.07) is 1.93. The molecule has 0 aliphatic heterocycles. The number of nitrogens with one attached hydrogen (secondary N) is 2. The van der Waals surface area contributed by atoms with Crippen molar-refractivity contribution in [3.8, 4) is 0 Å². The number of likely N-dealkylation sites (N-methyl/N-ethyl adjacent to an activating group) is 1. The third-order valence-corrected chi connectivity index (χ3v) is 4.61. The van der Waals surface area contributed by atoms with Crippen LogP contribution in [-0.4, -0.2) is 46.5 Å². The summed E-state index contributed by atoms with van der Waals surface area (Å²) >= 11 is 6.16. The van der Waals surface area contributed by atoms with Crippen LogP contribution in [0.2, 0.25) is 5.02 Å². The number of nitrogens with zero attached hydrogens (tertiary/aromatic N) is 2. The molecule has 0 bridgehead atoms. The zero-order valence-electron chi connectivity index (χ0n) is 14.2. The van der Waals surface area contributed by atoms with Gasteiger partial charge in [0.05, 0.1) is 11.6 Å². The number of hydrogen-bond donors (Lipinski definition) is 3. The van der Waals surface area contributed by atoms with Gasteiger partial charge in [0.25, 0.3) is 5.91 Å².